The Morgan fingerprint density at radius 3 is 2.52 bits per heavy atom. The molecule has 3 unspecified atom stereocenters. The van der Waals surface area contributed by atoms with Gasteiger partial charge in [-0.3, -0.25) is 0 Å². The standard InChI is InChI=1S/C16H30N2O3/c1-11-5-8-13(20-11)9-17-14(12-6-7-12)10-18-15(19)21-16(2,3)4/h11-14,17H,5-10H2,1-4H3,(H,18,19). The normalized spacial score (nSPS) is 27.4. The minimum atomic E-state index is -0.444. The van der Waals surface area contributed by atoms with Gasteiger partial charge in [0.15, 0.2) is 0 Å². The zero-order chi connectivity index (χ0) is 15.5. The van der Waals surface area contributed by atoms with Gasteiger partial charge < -0.3 is 20.1 Å². The average Bonchev–Trinajstić information content (AvgIpc) is 3.10. The van der Waals surface area contributed by atoms with Gasteiger partial charge in [-0.25, -0.2) is 4.79 Å². The van der Waals surface area contributed by atoms with Gasteiger partial charge in [0.05, 0.1) is 12.2 Å². The van der Waals surface area contributed by atoms with E-state index in [0.717, 1.165) is 19.4 Å². The average molecular weight is 298 g/mol. The fraction of sp³-hybridized carbons (Fsp3) is 0.938. The Kier molecular flexibility index (Phi) is 5.49. The summed E-state index contributed by atoms with van der Waals surface area (Å²) in [6.45, 7) is 9.26. The molecule has 0 aromatic heterocycles. The molecule has 0 aromatic rings. The number of ether oxygens (including phenoxy) is 2. The number of rotatable bonds is 6. The molecule has 0 bridgehead atoms. The first kappa shape index (κ1) is 16.6. The molecule has 21 heavy (non-hydrogen) atoms. The highest BCUT2D eigenvalue weighted by Gasteiger charge is 2.32. The van der Waals surface area contributed by atoms with E-state index >= 15 is 0 Å². The topological polar surface area (TPSA) is 59.6 Å². The molecule has 0 radical (unpaired) electrons. The van der Waals surface area contributed by atoms with Gasteiger partial charge in [0, 0.05) is 19.1 Å². The maximum atomic E-state index is 11.7. The lowest BCUT2D eigenvalue weighted by Gasteiger charge is -2.23. The van der Waals surface area contributed by atoms with E-state index in [1.165, 1.54) is 12.8 Å². The van der Waals surface area contributed by atoms with Crippen molar-refractivity contribution in [2.75, 3.05) is 13.1 Å². The van der Waals surface area contributed by atoms with Gasteiger partial charge in [0.25, 0.3) is 0 Å². The second-order valence-electron chi connectivity index (χ2n) is 7.38. The van der Waals surface area contributed by atoms with Crippen molar-refractivity contribution in [2.24, 2.45) is 5.92 Å². The third-order valence-corrected chi connectivity index (χ3v) is 3.98. The Balaban J connectivity index is 1.68. The minimum Gasteiger partial charge on any atom is -0.444 e. The molecule has 122 valence electrons. The van der Waals surface area contributed by atoms with Crippen LogP contribution in [0.5, 0.6) is 0 Å². The molecule has 0 aromatic carbocycles. The van der Waals surface area contributed by atoms with Gasteiger partial charge in [-0.1, -0.05) is 0 Å². The molecule has 0 spiro atoms. The van der Waals surface area contributed by atoms with Crippen molar-refractivity contribution >= 4 is 6.09 Å². The van der Waals surface area contributed by atoms with Crippen LogP contribution in [-0.2, 0) is 9.47 Å². The van der Waals surface area contributed by atoms with Gasteiger partial charge in [0.2, 0.25) is 0 Å². The predicted molar refractivity (Wildman–Crippen MR) is 82.3 cm³/mol. The Morgan fingerprint density at radius 2 is 2.00 bits per heavy atom. The number of hydrogen-bond acceptors (Lipinski definition) is 4. The molecule has 2 fully saturated rings. The molecule has 2 aliphatic rings. The van der Waals surface area contributed by atoms with E-state index < -0.39 is 5.60 Å². The summed E-state index contributed by atoms with van der Waals surface area (Å²) in [4.78, 5) is 11.7. The predicted octanol–water partition coefficient (Wildman–Crippen LogP) is 2.45. The highest BCUT2D eigenvalue weighted by atomic mass is 16.6. The van der Waals surface area contributed by atoms with Crippen LogP contribution in [0.25, 0.3) is 0 Å². The summed E-state index contributed by atoms with van der Waals surface area (Å²) in [6.07, 6.45) is 5.15. The number of hydrogen-bond donors (Lipinski definition) is 2. The minimum absolute atomic E-state index is 0.322. The third kappa shape index (κ3) is 6.22. The van der Waals surface area contributed by atoms with Crippen LogP contribution in [0.4, 0.5) is 4.79 Å². The van der Waals surface area contributed by atoms with Crippen LogP contribution in [0, 0.1) is 5.92 Å². The quantitative estimate of drug-likeness (QED) is 0.791. The first-order valence-corrected chi connectivity index (χ1v) is 8.19. The highest BCUT2D eigenvalue weighted by molar-refractivity contribution is 5.67. The van der Waals surface area contributed by atoms with Crippen molar-refractivity contribution in [1.82, 2.24) is 10.6 Å². The molecule has 5 nitrogen and oxygen atoms in total. The van der Waals surface area contributed by atoms with Crippen molar-refractivity contribution in [3.8, 4) is 0 Å². The molecule has 1 saturated carbocycles. The number of carbonyl (C=O) groups is 1. The molecule has 1 aliphatic heterocycles. The van der Waals surface area contributed by atoms with Gasteiger partial charge in [-0.15, -0.1) is 0 Å². The van der Waals surface area contributed by atoms with E-state index in [0.29, 0.717) is 30.7 Å². The monoisotopic (exact) mass is 298 g/mol. The van der Waals surface area contributed by atoms with Crippen molar-refractivity contribution in [1.29, 1.82) is 0 Å². The summed E-state index contributed by atoms with van der Waals surface area (Å²) in [5, 5.41) is 6.45. The molecule has 1 amide bonds. The van der Waals surface area contributed by atoms with Crippen LogP contribution in [0.1, 0.15) is 53.4 Å². The van der Waals surface area contributed by atoms with Crippen LogP contribution in [0.15, 0.2) is 0 Å². The first-order chi connectivity index (χ1) is 9.83. The molecule has 5 heteroatoms. The molecule has 1 saturated heterocycles. The largest absolute Gasteiger partial charge is 0.444 e. The van der Waals surface area contributed by atoms with E-state index in [9.17, 15) is 4.79 Å². The molecule has 2 N–H and O–H groups in total. The number of amides is 1. The van der Waals surface area contributed by atoms with E-state index in [4.69, 9.17) is 9.47 Å². The van der Waals surface area contributed by atoms with Crippen LogP contribution in [0.3, 0.4) is 0 Å². The molecule has 3 atom stereocenters. The van der Waals surface area contributed by atoms with Gasteiger partial charge in [-0.2, -0.15) is 0 Å². The summed E-state index contributed by atoms with van der Waals surface area (Å²) in [7, 11) is 0. The molecular weight excluding hydrogens is 268 g/mol. The van der Waals surface area contributed by atoms with Gasteiger partial charge in [-0.05, 0) is 59.3 Å². The Morgan fingerprint density at radius 1 is 1.29 bits per heavy atom. The van der Waals surface area contributed by atoms with E-state index in [-0.39, 0.29) is 6.09 Å². The lowest BCUT2D eigenvalue weighted by atomic mass is 10.1. The van der Waals surface area contributed by atoms with Crippen molar-refractivity contribution in [2.45, 2.75) is 77.2 Å². The van der Waals surface area contributed by atoms with Crippen LogP contribution in [0.2, 0.25) is 0 Å². The van der Waals surface area contributed by atoms with Crippen molar-refractivity contribution < 1.29 is 14.3 Å². The van der Waals surface area contributed by atoms with Crippen molar-refractivity contribution in [3.05, 3.63) is 0 Å². The van der Waals surface area contributed by atoms with E-state index in [1.54, 1.807) is 0 Å². The number of carbonyl (C=O) groups excluding carboxylic acids is 1. The summed E-state index contributed by atoms with van der Waals surface area (Å²) in [5.41, 5.74) is -0.444. The number of alkyl carbamates (subject to hydrolysis) is 1. The SMILES string of the molecule is CC1CCC(CNC(CNC(=O)OC(C)(C)C)C2CC2)O1. The first-order valence-electron chi connectivity index (χ1n) is 8.19. The maximum absolute atomic E-state index is 11.7. The lowest BCUT2D eigenvalue weighted by Crippen LogP contribution is -2.46. The molecule has 2 rings (SSSR count). The van der Waals surface area contributed by atoms with Crippen LogP contribution >= 0.6 is 0 Å². The van der Waals surface area contributed by atoms with Crippen LogP contribution in [-0.4, -0.2) is 43.0 Å². The maximum Gasteiger partial charge on any atom is 0.407 e. The Hall–Kier alpha value is -0.810. The summed E-state index contributed by atoms with van der Waals surface area (Å²) in [6, 6.07) is 0.331. The second-order valence-corrected chi connectivity index (χ2v) is 7.38. The fourth-order valence-corrected chi connectivity index (χ4v) is 2.73. The smallest absolute Gasteiger partial charge is 0.407 e. The van der Waals surface area contributed by atoms with Gasteiger partial charge in [0.1, 0.15) is 5.60 Å². The highest BCUT2D eigenvalue weighted by Crippen LogP contribution is 2.32. The summed E-state index contributed by atoms with van der Waals surface area (Å²) >= 11 is 0. The third-order valence-electron chi connectivity index (χ3n) is 3.98. The Labute approximate surface area is 128 Å². The fourth-order valence-electron chi connectivity index (χ4n) is 2.73. The van der Waals surface area contributed by atoms with Crippen LogP contribution < -0.4 is 10.6 Å². The Bertz CT molecular complexity index is 350. The molecule has 1 aliphatic carbocycles. The number of nitrogens with one attached hydrogen (secondary N) is 2. The van der Waals surface area contributed by atoms with E-state index in [1.807, 2.05) is 20.8 Å². The summed E-state index contributed by atoms with van der Waals surface area (Å²) < 4.78 is 11.1. The van der Waals surface area contributed by atoms with E-state index in [2.05, 4.69) is 17.6 Å². The lowest BCUT2D eigenvalue weighted by molar-refractivity contribution is 0.0498. The zero-order valence-electron chi connectivity index (χ0n) is 13.8. The summed E-state index contributed by atoms with van der Waals surface area (Å²) in [5.74, 6) is 0.679. The second kappa shape index (κ2) is 6.97. The van der Waals surface area contributed by atoms with Gasteiger partial charge >= 0.3 is 6.09 Å². The zero-order valence-corrected chi connectivity index (χ0v) is 13.8. The van der Waals surface area contributed by atoms with Crippen molar-refractivity contribution in [3.63, 3.8) is 0 Å². The molecule has 1 heterocycles. The molecular formula is C16H30N2O3.